The first-order chi connectivity index (χ1) is 11.7. The van der Waals surface area contributed by atoms with Crippen LogP contribution in [-0.4, -0.2) is 30.7 Å². The molecular formula is C19H23N3O2. The molecule has 5 nitrogen and oxygen atoms in total. The van der Waals surface area contributed by atoms with Crippen LogP contribution in [0.3, 0.4) is 0 Å². The summed E-state index contributed by atoms with van der Waals surface area (Å²) in [5.74, 6) is 0.844. The lowest BCUT2D eigenvalue weighted by Gasteiger charge is -2.31. The van der Waals surface area contributed by atoms with Gasteiger partial charge in [-0.3, -0.25) is 4.79 Å². The quantitative estimate of drug-likeness (QED) is 0.870. The molecule has 4 rings (SSSR count). The van der Waals surface area contributed by atoms with Gasteiger partial charge in [-0.15, -0.1) is 0 Å². The molecule has 0 radical (unpaired) electrons. The Labute approximate surface area is 142 Å². The first kappa shape index (κ1) is 15.2. The summed E-state index contributed by atoms with van der Waals surface area (Å²) in [4.78, 5) is 17.2. The maximum absolute atomic E-state index is 12.8. The SMILES string of the molecule is Cc1cc(CC(=O)N2CCCc3ccc(N4CCCC4)cc32)no1. The van der Waals surface area contributed by atoms with E-state index in [0.717, 1.165) is 43.9 Å². The van der Waals surface area contributed by atoms with E-state index in [1.807, 2.05) is 17.9 Å². The molecule has 3 heterocycles. The summed E-state index contributed by atoms with van der Waals surface area (Å²) in [6, 6.07) is 8.44. The van der Waals surface area contributed by atoms with Gasteiger partial charge in [0, 0.05) is 37.1 Å². The summed E-state index contributed by atoms with van der Waals surface area (Å²) >= 11 is 0. The summed E-state index contributed by atoms with van der Waals surface area (Å²) in [5, 5.41) is 3.96. The van der Waals surface area contributed by atoms with Gasteiger partial charge in [0.05, 0.1) is 12.1 Å². The van der Waals surface area contributed by atoms with Gasteiger partial charge in [0.2, 0.25) is 5.91 Å². The first-order valence-corrected chi connectivity index (χ1v) is 8.81. The normalized spacial score (nSPS) is 17.2. The van der Waals surface area contributed by atoms with Crippen molar-refractivity contribution in [1.29, 1.82) is 0 Å². The van der Waals surface area contributed by atoms with Crippen LogP contribution in [0.25, 0.3) is 0 Å². The Balaban J connectivity index is 1.59. The highest BCUT2D eigenvalue weighted by Gasteiger charge is 2.25. The zero-order valence-electron chi connectivity index (χ0n) is 14.1. The standard InChI is InChI=1S/C19H23N3O2/c1-14-11-16(20-24-14)12-19(23)22-10-4-5-15-6-7-17(13-18(15)22)21-8-2-3-9-21/h6-7,11,13H,2-5,8-10,12H2,1H3. The molecule has 2 aromatic rings. The number of fused-ring (bicyclic) bond motifs is 1. The molecule has 24 heavy (non-hydrogen) atoms. The molecule has 0 aliphatic carbocycles. The summed E-state index contributed by atoms with van der Waals surface area (Å²) in [5.41, 5.74) is 4.30. The number of aromatic nitrogens is 1. The van der Waals surface area contributed by atoms with Crippen LogP contribution < -0.4 is 9.80 Å². The number of carbonyl (C=O) groups is 1. The van der Waals surface area contributed by atoms with Crippen molar-refractivity contribution in [2.45, 2.75) is 39.0 Å². The number of aryl methyl sites for hydroxylation is 2. The Morgan fingerprint density at radius 1 is 1.17 bits per heavy atom. The highest BCUT2D eigenvalue weighted by Crippen LogP contribution is 2.33. The Kier molecular flexibility index (Phi) is 4.00. The highest BCUT2D eigenvalue weighted by atomic mass is 16.5. The molecule has 0 atom stereocenters. The van der Waals surface area contributed by atoms with Crippen LogP contribution in [0.2, 0.25) is 0 Å². The molecule has 1 aromatic heterocycles. The van der Waals surface area contributed by atoms with E-state index in [9.17, 15) is 4.79 Å². The van der Waals surface area contributed by atoms with Crippen molar-refractivity contribution in [1.82, 2.24) is 5.16 Å². The first-order valence-electron chi connectivity index (χ1n) is 8.81. The molecule has 0 N–H and O–H groups in total. The topological polar surface area (TPSA) is 49.6 Å². The second-order valence-electron chi connectivity index (χ2n) is 6.76. The van der Waals surface area contributed by atoms with Crippen LogP contribution in [0.1, 0.15) is 36.3 Å². The largest absolute Gasteiger partial charge is 0.371 e. The number of rotatable bonds is 3. The predicted molar refractivity (Wildman–Crippen MR) is 93.5 cm³/mol. The van der Waals surface area contributed by atoms with Crippen molar-refractivity contribution in [2.24, 2.45) is 0 Å². The molecule has 2 aliphatic rings. The highest BCUT2D eigenvalue weighted by molar-refractivity contribution is 5.96. The lowest BCUT2D eigenvalue weighted by atomic mass is 10.00. The number of anilines is 2. The summed E-state index contributed by atoms with van der Waals surface area (Å²) in [6.45, 7) is 4.86. The Morgan fingerprint density at radius 2 is 2.00 bits per heavy atom. The lowest BCUT2D eigenvalue weighted by molar-refractivity contribution is -0.118. The third-order valence-electron chi connectivity index (χ3n) is 4.97. The summed E-state index contributed by atoms with van der Waals surface area (Å²) in [7, 11) is 0. The van der Waals surface area contributed by atoms with Crippen molar-refractivity contribution in [3.63, 3.8) is 0 Å². The van der Waals surface area contributed by atoms with E-state index in [-0.39, 0.29) is 5.91 Å². The van der Waals surface area contributed by atoms with Crippen molar-refractivity contribution in [3.05, 3.63) is 41.3 Å². The zero-order valence-corrected chi connectivity index (χ0v) is 14.1. The minimum absolute atomic E-state index is 0.0998. The minimum Gasteiger partial charge on any atom is -0.371 e. The summed E-state index contributed by atoms with van der Waals surface area (Å²) < 4.78 is 5.08. The van der Waals surface area contributed by atoms with Crippen molar-refractivity contribution >= 4 is 17.3 Å². The van der Waals surface area contributed by atoms with Crippen LogP contribution in [-0.2, 0) is 17.6 Å². The monoisotopic (exact) mass is 325 g/mol. The average Bonchev–Trinajstić information content (AvgIpc) is 3.25. The molecule has 5 heteroatoms. The number of hydrogen-bond acceptors (Lipinski definition) is 4. The van der Waals surface area contributed by atoms with E-state index >= 15 is 0 Å². The second-order valence-corrected chi connectivity index (χ2v) is 6.76. The van der Waals surface area contributed by atoms with Gasteiger partial charge in [0.15, 0.2) is 0 Å². The molecule has 1 saturated heterocycles. The fourth-order valence-corrected chi connectivity index (χ4v) is 3.75. The van der Waals surface area contributed by atoms with Gasteiger partial charge in [-0.2, -0.15) is 0 Å². The lowest BCUT2D eigenvalue weighted by Crippen LogP contribution is -2.36. The molecule has 1 aromatic carbocycles. The fraction of sp³-hybridized carbons (Fsp3) is 0.474. The molecule has 0 saturated carbocycles. The number of hydrogen-bond donors (Lipinski definition) is 0. The van der Waals surface area contributed by atoms with Crippen LogP contribution in [0.15, 0.2) is 28.8 Å². The van der Waals surface area contributed by atoms with E-state index in [2.05, 4.69) is 28.3 Å². The van der Waals surface area contributed by atoms with E-state index in [4.69, 9.17) is 4.52 Å². The van der Waals surface area contributed by atoms with Crippen molar-refractivity contribution < 1.29 is 9.32 Å². The van der Waals surface area contributed by atoms with E-state index in [1.54, 1.807) is 0 Å². The fourth-order valence-electron chi connectivity index (χ4n) is 3.75. The van der Waals surface area contributed by atoms with E-state index < -0.39 is 0 Å². The molecule has 0 spiro atoms. The van der Waals surface area contributed by atoms with E-state index in [0.29, 0.717) is 12.1 Å². The van der Waals surface area contributed by atoms with Gasteiger partial charge < -0.3 is 14.3 Å². The second kappa shape index (κ2) is 6.30. The molecular weight excluding hydrogens is 302 g/mol. The van der Waals surface area contributed by atoms with Gasteiger partial charge in [-0.25, -0.2) is 0 Å². The van der Waals surface area contributed by atoms with Crippen molar-refractivity contribution in [2.75, 3.05) is 29.4 Å². The van der Waals surface area contributed by atoms with Gasteiger partial charge in [-0.1, -0.05) is 11.2 Å². The number of nitrogens with zero attached hydrogens (tertiary/aromatic N) is 3. The van der Waals surface area contributed by atoms with Crippen LogP contribution in [0.4, 0.5) is 11.4 Å². The molecule has 126 valence electrons. The Morgan fingerprint density at radius 3 is 2.75 bits per heavy atom. The average molecular weight is 325 g/mol. The summed E-state index contributed by atoms with van der Waals surface area (Å²) in [6.07, 6.45) is 4.86. The molecule has 1 fully saturated rings. The Bertz CT molecular complexity index is 747. The molecule has 0 bridgehead atoms. The minimum atomic E-state index is 0.0998. The van der Waals surface area contributed by atoms with E-state index in [1.165, 1.54) is 24.1 Å². The van der Waals surface area contributed by atoms with Crippen molar-refractivity contribution in [3.8, 4) is 0 Å². The van der Waals surface area contributed by atoms with Gasteiger partial charge >= 0.3 is 0 Å². The van der Waals surface area contributed by atoms with Gasteiger partial charge in [0.25, 0.3) is 0 Å². The van der Waals surface area contributed by atoms with Crippen LogP contribution in [0.5, 0.6) is 0 Å². The molecule has 1 amide bonds. The maximum atomic E-state index is 12.8. The number of amides is 1. The number of benzene rings is 1. The number of carbonyl (C=O) groups excluding carboxylic acids is 1. The maximum Gasteiger partial charge on any atom is 0.233 e. The molecule has 2 aliphatic heterocycles. The third kappa shape index (κ3) is 2.90. The van der Waals surface area contributed by atoms with Gasteiger partial charge in [0.1, 0.15) is 5.76 Å². The van der Waals surface area contributed by atoms with Gasteiger partial charge in [-0.05, 0) is 50.3 Å². The van der Waals surface area contributed by atoms with Crippen LogP contribution in [0, 0.1) is 6.92 Å². The van der Waals surface area contributed by atoms with Crippen LogP contribution >= 0.6 is 0 Å². The smallest absolute Gasteiger partial charge is 0.233 e. The Hall–Kier alpha value is -2.30. The molecule has 0 unspecified atom stereocenters. The zero-order chi connectivity index (χ0) is 16.5. The predicted octanol–water partition coefficient (Wildman–Crippen LogP) is 3.11. The third-order valence-corrected chi connectivity index (χ3v) is 4.97.